The van der Waals surface area contributed by atoms with Crippen molar-refractivity contribution in [3.8, 4) is 0 Å². The molecule has 0 saturated carbocycles. The molecule has 0 atom stereocenters. The van der Waals surface area contributed by atoms with Crippen molar-refractivity contribution in [1.82, 2.24) is 4.98 Å². The lowest BCUT2D eigenvalue weighted by molar-refractivity contribution is 0.0698. The molecule has 0 fully saturated rings. The number of hydrogen-bond acceptors (Lipinski definition) is 3. The van der Waals surface area contributed by atoms with E-state index in [2.05, 4.69) is 15.9 Å². The molecule has 1 aromatic heterocycles. The van der Waals surface area contributed by atoms with Crippen molar-refractivity contribution < 1.29 is 9.90 Å². The highest BCUT2D eigenvalue weighted by Crippen LogP contribution is 2.33. The Morgan fingerprint density at radius 1 is 1.47 bits per heavy atom. The summed E-state index contributed by atoms with van der Waals surface area (Å²) in [6, 6.07) is 3.84. The minimum Gasteiger partial charge on any atom is -0.478 e. The van der Waals surface area contributed by atoms with E-state index >= 15 is 0 Å². The molecular formula is C14H12BrNO2S. The minimum atomic E-state index is -0.858. The van der Waals surface area contributed by atoms with Crippen LogP contribution in [0.25, 0.3) is 10.9 Å². The van der Waals surface area contributed by atoms with E-state index in [1.807, 2.05) is 19.1 Å². The molecule has 2 aromatic rings. The van der Waals surface area contributed by atoms with E-state index in [0.29, 0.717) is 5.56 Å². The van der Waals surface area contributed by atoms with Crippen molar-refractivity contribution in [2.24, 2.45) is 0 Å². The molecule has 2 heterocycles. The second-order valence-corrected chi connectivity index (χ2v) is 6.66. The summed E-state index contributed by atoms with van der Waals surface area (Å²) in [6.07, 6.45) is 0.853. The van der Waals surface area contributed by atoms with Crippen LogP contribution < -0.4 is 0 Å². The van der Waals surface area contributed by atoms with Crippen LogP contribution in [0.2, 0.25) is 0 Å². The Morgan fingerprint density at radius 2 is 2.26 bits per heavy atom. The standard InChI is InChI=1S/C14H12BrNO2S/c1-7-4-8(15)5-9-12(14(17)18)10-6-19-3-2-11(10)16-13(7)9/h4-5H,2-3,6H2,1H3,(H,17,18). The van der Waals surface area contributed by atoms with Gasteiger partial charge in [0.15, 0.2) is 0 Å². The maximum Gasteiger partial charge on any atom is 0.336 e. The van der Waals surface area contributed by atoms with Gasteiger partial charge in [-0.3, -0.25) is 4.98 Å². The van der Waals surface area contributed by atoms with Gasteiger partial charge in [-0.2, -0.15) is 11.8 Å². The summed E-state index contributed by atoms with van der Waals surface area (Å²) in [6.45, 7) is 1.97. The summed E-state index contributed by atoms with van der Waals surface area (Å²) < 4.78 is 0.894. The Kier molecular flexibility index (Phi) is 3.27. The van der Waals surface area contributed by atoms with Crippen molar-refractivity contribution in [1.29, 1.82) is 0 Å². The topological polar surface area (TPSA) is 50.2 Å². The average molecular weight is 338 g/mol. The van der Waals surface area contributed by atoms with Crippen LogP contribution in [0.5, 0.6) is 0 Å². The Morgan fingerprint density at radius 3 is 3.00 bits per heavy atom. The van der Waals surface area contributed by atoms with Gasteiger partial charge in [0.2, 0.25) is 0 Å². The maximum atomic E-state index is 11.7. The number of aromatic carboxylic acids is 1. The highest BCUT2D eigenvalue weighted by Gasteiger charge is 2.23. The Hall–Kier alpha value is -1.07. The van der Waals surface area contributed by atoms with E-state index in [4.69, 9.17) is 4.98 Å². The third kappa shape index (κ3) is 2.15. The summed E-state index contributed by atoms with van der Waals surface area (Å²) in [5.74, 6) is 0.898. The minimum absolute atomic E-state index is 0.427. The van der Waals surface area contributed by atoms with Gasteiger partial charge in [-0.1, -0.05) is 15.9 Å². The molecular weight excluding hydrogens is 326 g/mol. The summed E-state index contributed by atoms with van der Waals surface area (Å²) in [4.78, 5) is 16.4. The smallest absolute Gasteiger partial charge is 0.336 e. The molecule has 3 nitrogen and oxygen atoms in total. The molecule has 0 unspecified atom stereocenters. The quantitative estimate of drug-likeness (QED) is 0.859. The van der Waals surface area contributed by atoms with E-state index in [0.717, 1.165) is 50.1 Å². The second-order valence-electron chi connectivity index (χ2n) is 4.64. The predicted octanol–water partition coefficient (Wildman–Crippen LogP) is 3.79. The fourth-order valence-electron chi connectivity index (χ4n) is 2.53. The largest absolute Gasteiger partial charge is 0.478 e. The molecule has 1 aromatic carbocycles. The Balaban J connectivity index is 2.46. The number of thioether (sulfide) groups is 1. The van der Waals surface area contributed by atoms with Crippen molar-refractivity contribution in [2.75, 3.05) is 5.75 Å². The number of halogens is 1. The number of carboxylic acid groups (broad SMARTS) is 1. The SMILES string of the molecule is Cc1cc(Br)cc2c(C(=O)O)c3c(nc12)CCSC3. The number of fused-ring (bicyclic) bond motifs is 2. The normalized spacial score (nSPS) is 14.4. The number of carboxylic acids is 1. The van der Waals surface area contributed by atoms with Gasteiger partial charge in [0, 0.05) is 21.3 Å². The van der Waals surface area contributed by atoms with Gasteiger partial charge in [0.1, 0.15) is 0 Å². The first-order valence-corrected chi connectivity index (χ1v) is 7.95. The summed E-state index contributed by atoms with van der Waals surface area (Å²) >= 11 is 5.21. The molecule has 0 aliphatic carbocycles. The van der Waals surface area contributed by atoms with Crippen molar-refractivity contribution >= 4 is 44.6 Å². The van der Waals surface area contributed by atoms with Gasteiger partial charge in [0.25, 0.3) is 0 Å². The number of benzene rings is 1. The lowest BCUT2D eigenvalue weighted by Gasteiger charge is -2.19. The van der Waals surface area contributed by atoms with Crippen LogP contribution in [0.3, 0.4) is 0 Å². The molecule has 1 aliphatic rings. The number of aromatic nitrogens is 1. The maximum absolute atomic E-state index is 11.7. The first kappa shape index (κ1) is 12.9. The fourth-order valence-corrected chi connectivity index (χ4v) is 4.10. The first-order valence-electron chi connectivity index (χ1n) is 6.00. The zero-order chi connectivity index (χ0) is 13.6. The Labute approximate surface area is 123 Å². The molecule has 5 heteroatoms. The molecule has 0 saturated heterocycles. The van der Waals surface area contributed by atoms with Crippen LogP contribution in [0.15, 0.2) is 16.6 Å². The van der Waals surface area contributed by atoms with Crippen molar-refractivity contribution in [2.45, 2.75) is 19.1 Å². The fraction of sp³-hybridized carbons (Fsp3) is 0.286. The lowest BCUT2D eigenvalue weighted by atomic mass is 9.98. The predicted molar refractivity (Wildman–Crippen MR) is 81.0 cm³/mol. The number of aryl methyl sites for hydroxylation is 2. The van der Waals surface area contributed by atoms with E-state index in [-0.39, 0.29) is 0 Å². The van der Waals surface area contributed by atoms with Gasteiger partial charge >= 0.3 is 5.97 Å². The van der Waals surface area contributed by atoms with E-state index in [1.54, 1.807) is 11.8 Å². The lowest BCUT2D eigenvalue weighted by Crippen LogP contribution is -2.13. The van der Waals surface area contributed by atoms with Gasteiger partial charge in [-0.25, -0.2) is 4.79 Å². The monoisotopic (exact) mass is 337 g/mol. The van der Waals surface area contributed by atoms with Gasteiger partial charge in [0.05, 0.1) is 11.1 Å². The van der Waals surface area contributed by atoms with Crippen LogP contribution in [0.4, 0.5) is 0 Å². The molecule has 0 amide bonds. The highest BCUT2D eigenvalue weighted by atomic mass is 79.9. The van der Waals surface area contributed by atoms with E-state index in [1.165, 1.54) is 0 Å². The van der Waals surface area contributed by atoms with Crippen LogP contribution in [0.1, 0.15) is 27.2 Å². The summed E-state index contributed by atoms with van der Waals surface area (Å²) in [7, 11) is 0. The summed E-state index contributed by atoms with van der Waals surface area (Å²) in [5.41, 5.74) is 4.10. The number of hydrogen-bond donors (Lipinski definition) is 1. The van der Waals surface area contributed by atoms with Gasteiger partial charge in [-0.15, -0.1) is 0 Å². The molecule has 0 bridgehead atoms. The molecule has 98 valence electrons. The molecule has 1 aliphatic heterocycles. The summed E-state index contributed by atoms with van der Waals surface area (Å²) in [5, 5.41) is 10.3. The van der Waals surface area contributed by atoms with Gasteiger partial charge in [-0.05, 0) is 42.4 Å². The van der Waals surface area contributed by atoms with Crippen molar-refractivity contribution in [3.05, 3.63) is 39.0 Å². The van der Waals surface area contributed by atoms with E-state index < -0.39 is 5.97 Å². The van der Waals surface area contributed by atoms with E-state index in [9.17, 15) is 9.90 Å². The van der Waals surface area contributed by atoms with Crippen LogP contribution in [0, 0.1) is 6.92 Å². The molecule has 19 heavy (non-hydrogen) atoms. The molecule has 1 N–H and O–H groups in total. The molecule has 3 rings (SSSR count). The second kappa shape index (κ2) is 4.80. The third-order valence-corrected chi connectivity index (χ3v) is 4.82. The first-order chi connectivity index (χ1) is 9.08. The average Bonchev–Trinajstić information content (AvgIpc) is 2.36. The highest BCUT2D eigenvalue weighted by molar-refractivity contribution is 9.10. The zero-order valence-electron chi connectivity index (χ0n) is 10.4. The Bertz CT molecular complexity index is 700. The van der Waals surface area contributed by atoms with Crippen LogP contribution in [-0.4, -0.2) is 21.8 Å². The molecule has 0 spiro atoms. The molecule has 0 radical (unpaired) electrons. The van der Waals surface area contributed by atoms with Crippen LogP contribution in [-0.2, 0) is 12.2 Å². The third-order valence-electron chi connectivity index (χ3n) is 3.37. The number of rotatable bonds is 1. The van der Waals surface area contributed by atoms with Gasteiger partial charge < -0.3 is 5.11 Å². The van der Waals surface area contributed by atoms with Crippen LogP contribution >= 0.6 is 27.7 Å². The number of nitrogens with zero attached hydrogens (tertiary/aromatic N) is 1. The number of carbonyl (C=O) groups is 1. The van der Waals surface area contributed by atoms with Crippen molar-refractivity contribution in [3.63, 3.8) is 0 Å². The zero-order valence-corrected chi connectivity index (χ0v) is 12.8. The number of pyridine rings is 1.